The van der Waals surface area contributed by atoms with Gasteiger partial charge in [0.2, 0.25) is 17.7 Å². The number of nitrogens with zero attached hydrogens (tertiary/aromatic N) is 5. The number of nitrogens with one attached hydrogen (secondary N) is 2. The Balaban J connectivity index is 1.40. The number of amides is 3. The Kier molecular flexibility index (Phi) is 10.6. The van der Waals surface area contributed by atoms with Crippen LogP contribution in [0.3, 0.4) is 0 Å². The van der Waals surface area contributed by atoms with Crippen LogP contribution in [0.15, 0.2) is 42.7 Å². The third kappa shape index (κ3) is 7.85. The third-order valence-electron chi connectivity index (χ3n) is 8.24. The second-order valence-electron chi connectivity index (χ2n) is 12.6. The molecule has 3 amide bonds. The van der Waals surface area contributed by atoms with Gasteiger partial charge >= 0.3 is 0 Å². The summed E-state index contributed by atoms with van der Waals surface area (Å²) >= 11 is 0. The monoisotopic (exact) mass is 631 g/mol. The van der Waals surface area contributed by atoms with Crippen LogP contribution in [0.1, 0.15) is 62.2 Å². The fourth-order valence-corrected chi connectivity index (χ4v) is 5.95. The molecule has 1 aromatic carbocycles. The predicted octanol–water partition coefficient (Wildman–Crippen LogP) is 3.25. The summed E-state index contributed by atoms with van der Waals surface area (Å²) in [6.07, 6.45) is 4.76. The molecule has 12 heteroatoms. The Morgan fingerprint density at radius 2 is 1.91 bits per heavy atom. The Hall–Kier alpha value is -4.45. The zero-order valence-electron chi connectivity index (χ0n) is 27.4. The molecular weight excluding hydrogens is 586 g/mol. The van der Waals surface area contributed by atoms with E-state index in [9.17, 15) is 14.4 Å². The molecule has 2 aromatic heterocycles. The van der Waals surface area contributed by atoms with E-state index in [0.29, 0.717) is 69.3 Å². The van der Waals surface area contributed by atoms with Crippen LogP contribution in [0, 0.1) is 5.92 Å². The van der Waals surface area contributed by atoms with E-state index in [1.807, 2.05) is 73.7 Å². The van der Waals surface area contributed by atoms with Crippen molar-refractivity contribution >= 4 is 17.7 Å². The van der Waals surface area contributed by atoms with Crippen LogP contribution in [-0.4, -0.2) is 87.5 Å². The average Bonchev–Trinajstić information content (AvgIpc) is 3.62. The maximum atomic E-state index is 13.5. The number of imidazole rings is 1. The van der Waals surface area contributed by atoms with Gasteiger partial charge in [0, 0.05) is 55.7 Å². The van der Waals surface area contributed by atoms with Crippen molar-refractivity contribution in [1.29, 1.82) is 0 Å². The summed E-state index contributed by atoms with van der Waals surface area (Å²) in [4.78, 5) is 52.9. The smallest absolute Gasteiger partial charge is 0.256 e. The molecule has 2 aliphatic heterocycles. The minimum atomic E-state index is -0.675. The molecule has 0 spiro atoms. The molecule has 5 rings (SSSR count). The Labute approximate surface area is 270 Å². The van der Waals surface area contributed by atoms with E-state index in [2.05, 4.69) is 20.6 Å². The number of benzene rings is 1. The van der Waals surface area contributed by atoms with Crippen LogP contribution in [0.4, 0.5) is 0 Å². The van der Waals surface area contributed by atoms with Crippen LogP contribution < -0.4 is 20.1 Å². The molecule has 4 heterocycles. The number of pyridine rings is 1. The normalized spacial score (nSPS) is 18.4. The van der Waals surface area contributed by atoms with Crippen molar-refractivity contribution in [3.8, 4) is 23.0 Å². The number of aromatic nitrogens is 3. The van der Waals surface area contributed by atoms with Gasteiger partial charge in [-0.15, -0.1) is 0 Å². The first kappa shape index (κ1) is 32.9. The number of rotatable bonds is 6. The lowest BCUT2D eigenvalue weighted by Crippen LogP contribution is -2.50. The molecule has 1 atom stereocenters. The number of fused-ring (bicyclic) bond motifs is 5. The van der Waals surface area contributed by atoms with Gasteiger partial charge in [0.15, 0.2) is 0 Å². The van der Waals surface area contributed by atoms with Crippen LogP contribution in [0.2, 0.25) is 0 Å². The van der Waals surface area contributed by atoms with Gasteiger partial charge in [-0.2, -0.15) is 0 Å². The van der Waals surface area contributed by atoms with Crippen LogP contribution >= 0.6 is 0 Å². The second-order valence-corrected chi connectivity index (χ2v) is 12.6. The molecule has 0 fully saturated rings. The van der Waals surface area contributed by atoms with E-state index in [-0.39, 0.29) is 36.2 Å². The van der Waals surface area contributed by atoms with Gasteiger partial charge in [-0.3, -0.25) is 19.3 Å². The minimum Gasteiger partial charge on any atom is -0.494 e. The molecule has 0 saturated heterocycles. The molecule has 0 radical (unpaired) electrons. The molecule has 3 aromatic rings. The first-order valence-corrected chi connectivity index (χ1v) is 16.0. The molecular formula is C34H45N7O5. The van der Waals surface area contributed by atoms with E-state index in [1.54, 1.807) is 18.2 Å². The molecule has 0 aliphatic carbocycles. The highest BCUT2D eigenvalue weighted by Crippen LogP contribution is 2.29. The lowest BCUT2D eigenvalue weighted by Gasteiger charge is -2.25. The van der Waals surface area contributed by atoms with Crippen LogP contribution in [0.5, 0.6) is 11.6 Å². The van der Waals surface area contributed by atoms with Crippen molar-refractivity contribution < 1.29 is 23.9 Å². The lowest BCUT2D eigenvalue weighted by molar-refractivity contribution is -0.130. The number of carbonyl (C=O) groups is 3. The summed E-state index contributed by atoms with van der Waals surface area (Å²) in [6.45, 7) is 10.7. The quantitative estimate of drug-likeness (QED) is 0.424. The number of ether oxygens (including phenoxy) is 2. The molecule has 0 unspecified atom stereocenters. The Bertz CT molecular complexity index is 1550. The van der Waals surface area contributed by atoms with E-state index in [0.717, 1.165) is 22.7 Å². The van der Waals surface area contributed by atoms with Gasteiger partial charge in [-0.1, -0.05) is 26.0 Å². The van der Waals surface area contributed by atoms with Gasteiger partial charge in [0.05, 0.1) is 38.1 Å². The van der Waals surface area contributed by atoms with Crippen molar-refractivity contribution in [2.75, 3.05) is 33.4 Å². The standard InChI is InChI=1S/C34H45N7O5/c1-22(2)16-28-32(43)36-11-14-40-13-10-35-31(40)24-8-6-9-26(17-24)46-15-7-12-39(21-30(42)37-28)19-25-18-27-29(38-33(25)45-5)20-41(23(3)4)34(27)44/h6,8-10,13,17-18,22-23,28H,7,11-12,14-16,19-21H2,1-5H3,(H,36,43)(H,37,42)/t28-/m1/s1. The van der Waals surface area contributed by atoms with Crippen molar-refractivity contribution in [3.63, 3.8) is 0 Å². The number of methoxy groups -OCH3 is 1. The largest absolute Gasteiger partial charge is 0.494 e. The molecule has 2 N–H and O–H groups in total. The fraction of sp³-hybridized carbons (Fsp3) is 0.500. The first-order valence-electron chi connectivity index (χ1n) is 16.0. The van der Waals surface area contributed by atoms with Crippen molar-refractivity contribution in [2.45, 2.75) is 72.3 Å². The van der Waals surface area contributed by atoms with Crippen molar-refractivity contribution in [3.05, 3.63) is 59.5 Å². The maximum Gasteiger partial charge on any atom is 0.256 e. The fourth-order valence-electron chi connectivity index (χ4n) is 5.95. The summed E-state index contributed by atoms with van der Waals surface area (Å²) in [5.41, 5.74) is 2.89. The summed E-state index contributed by atoms with van der Waals surface area (Å²) in [5.74, 6) is 1.59. The molecule has 0 saturated carbocycles. The summed E-state index contributed by atoms with van der Waals surface area (Å²) in [6, 6.07) is 9.01. The molecule has 2 aliphatic rings. The highest BCUT2D eigenvalue weighted by Gasteiger charge is 2.32. The van der Waals surface area contributed by atoms with E-state index in [4.69, 9.17) is 9.47 Å². The van der Waals surface area contributed by atoms with E-state index in [1.165, 1.54) is 0 Å². The van der Waals surface area contributed by atoms with Crippen molar-refractivity contribution in [2.24, 2.45) is 5.92 Å². The van der Waals surface area contributed by atoms with Gasteiger partial charge in [-0.05, 0) is 50.8 Å². The van der Waals surface area contributed by atoms with Crippen LogP contribution in [-0.2, 0) is 29.2 Å². The van der Waals surface area contributed by atoms with Gasteiger partial charge in [0.25, 0.3) is 5.91 Å². The summed E-state index contributed by atoms with van der Waals surface area (Å²) in [5, 5.41) is 5.99. The highest BCUT2D eigenvalue weighted by atomic mass is 16.5. The third-order valence-corrected chi connectivity index (χ3v) is 8.24. The maximum absolute atomic E-state index is 13.5. The predicted molar refractivity (Wildman–Crippen MR) is 173 cm³/mol. The van der Waals surface area contributed by atoms with Crippen LogP contribution in [0.25, 0.3) is 11.4 Å². The SMILES string of the molecule is COc1nc2c(cc1CN1CCCOc3cccc(c3)-c3nccn3CCNC(=O)[C@@H](CC(C)C)NC(=O)C1)C(=O)N(C(C)C)C2. The topological polar surface area (TPSA) is 131 Å². The Morgan fingerprint density at radius 3 is 2.67 bits per heavy atom. The van der Waals surface area contributed by atoms with Gasteiger partial charge in [0.1, 0.15) is 17.6 Å². The molecule has 246 valence electrons. The molecule has 2 bridgehead atoms. The zero-order valence-corrected chi connectivity index (χ0v) is 27.4. The number of hydrogen-bond donors (Lipinski definition) is 2. The number of carbonyl (C=O) groups excluding carboxylic acids is 3. The number of hydrogen-bond acceptors (Lipinski definition) is 8. The highest BCUT2D eigenvalue weighted by molar-refractivity contribution is 5.98. The van der Waals surface area contributed by atoms with E-state index < -0.39 is 6.04 Å². The van der Waals surface area contributed by atoms with E-state index >= 15 is 0 Å². The molecule has 46 heavy (non-hydrogen) atoms. The minimum absolute atomic E-state index is 0.0437. The van der Waals surface area contributed by atoms with Crippen molar-refractivity contribution in [1.82, 2.24) is 35.0 Å². The summed E-state index contributed by atoms with van der Waals surface area (Å²) in [7, 11) is 1.56. The second kappa shape index (κ2) is 14.8. The van der Waals surface area contributed by atoms with Gasteiger partial charge in [-0.25, -0.2) is 9.97 Å². The zero-order chi connectivity index (χ0) is 32.8. The summed E-state index contributed by atoms with van der Waals surface area (Å²) < 4.78 is 13.8. The average molecular weight is 632 g/mol. The molecule has 12 nitrogen and oxygen atoms in total. The first-order chi connectivity index (χ1) is 22.1. The Morgan fingerprint density at radius 1 is 1.09 bits per heavy atom. The van der Waals surface area contributed by atoms with Gasteiger partial charge < -0.3 is 29.6 Å². The lowest BCUT2D eigenvalue weighted by atomic mass is 10.0.